The zero-order chi connectivity index (χ0) is 13.9. The number of carbonyl (C=O) groups excluding carboxylic acids is 1. The molecule has 0 radical (unpaired) electrons. The molecular formula is C17H31ClN2O. The molecule has 4 heteroatoms. The van der Waals surface area contributed by atoms with Crippen LogP contribution in [0.2, 0.25) is 0 Å². The van der Waals surface area contributed by atoms with Crippen LogP contribution < -0.4 is 10.6 Å². The van der Waals surface area contributed by atoms with Gasteiger partial charge in [-0.25, -0.2) is 0 Å². The van der Waals surface area contributed by atoms with Crippen molar-refractivity contribution >= 4 is 18.3 Å². The van der Waals surface area contributed by atoms with Crippen molar-refractivity contribution in [3.05, 3.63) is 0 Å². The molecule has 3 fully saturated rings. The first-order valence-electron chi connectivity index (χ1n) is 8.76. The van der Waals surface area contributed by atoms with Crippen LogP contribution in [-0.4, -0.2) is 24.5 Å². The van der Waals surface area contributed by atoms with Gasteiger partial charge >= 0.3 is 0 Å². The van der Waals surface area contributed by atoms with Gasteiger partial charge in [-0.3, -0.25) is 4.79 Å². The molecule has 3 rings (SSSR count). The van der Waals surface area contributed by atoms with Crippen molar-refractivity contribution < 1.29 is 4.79 Å². The Bertz CT molecular complexity index is 350. The van der Waals surface area contributed by atoms with Crippen LogP contribution in [0, 0.1) is 17.8 Å². The van der Waals surface area contributed by atoms with E-state index in [0.29, 0.717) is 23.9 Å². The summed E-state index contributed by atoms with van der Waals surface area (Å²) in [5, 5.41) is 6.79. The summed E-state index contributed by atoms with van der Waals surface area (Å²) < 4.78 is 0. The fourth-order valence-corrected chi connectivity index (χ4v) is 4.69. The molecule has 0 aromatic heterocycles. The monoisotopic (exact) mass is 314 g/mol. The van der Waals surface area contributed by atoms with Crippen LogP contribution in [0.25, 0.3) is 0 Å². The SMILES string of the molecule is CC1CC(NC(=O)C2CCC3CCCCC3C2)CCN1.Cl. The average Bonchev–Trinajstić information content (AvgIpc) is 2.47. The quantitative estimate of drug-likeness (QED) is 0.821. The second kappa shape index (κ2) is 7.82. The maximum absolute atomic E-state index is 12.5. The van der Waals surface area contributed by atoms with Gasteiger partial charge in [0.2, 0.25) is 5.91 Å². The zero-order valence-electron chi connectivity index (χ0n) is 13.3. The number of amides is 1. The summed E-state index contributed by atoms with van der Waals surface area (Å²) in [6.07, 6.45) is 11.4. The lowest BCUT2D eigenvalue weighted by Crippen LogP contribution is -2.48. The van der Waals surface area contributed by atoms with Gasteiger partial charge in [-0.2, -0.15) is 0 Å². The van der Waals surface area contributed by atoms with Crippen LogP contribution >= 0.6 is 12.4 Å². The minimum Gasteiger partial charge on any atom is -0.353 e. The van der Waals surface area contributed by atoms with E-state index < -0.39 is 0 Å². The molecule has 1 amide bonds. The lowest BCUT2D eigenvalue weighted by Gasteiger charge is -2.39. The van der Waals surface area contributed by atoms with Gasteiger partial charge in [0.25, 0.3) is 0 Å². The van der Waals surface area contributed by atoms with Gasteiger partial charge in [-0.15, -0.1) is 12.4 Å². The second-order valence-electron chi connectivity index (χ2n) is 7.40. The normalized spacial score (nSPS) is 39.8. The molecule has 3 aliphatic rings. The van der Waals surface area contributed by atoms with Gasteiger partial charge in [0.1, 0.15) is 0 Å². The molecule has 0 bridgehead atoms. The molecule has 0 aromatic carbocycles. The van der Waals surface area contributed by atoms with E-state index in [1.165, 1.54) is 32.1 Å². The van der Waals surface area contributed by atoms with Crippen LogP contribution in [0.5, 0.6) is 0 Å². The third kappa shape index (κ3) is 4.35. The van der Waals surface area contributed by atoms with E-state index in [1.54, 1.807) is 0 Å². The molecule has 5 unspecified atom stereocenters. The summed E-state index contributed by atoms with van der Waals surface area (Å²) in [6.45, 7) is 3.26. The van der Waals surface area contributed by atoms with Gasteiger partial charge in [0, 0.05) is 18.0 Å². The van der Waals surface area contributed by atoms with Crippen LogP contribution in [0.4, 0.5) is 0 Å². The zero-order valence-corrected chi connectivity index (χ0v) is 14.1. The highest BCUT2D eigenvalue weighted by Gasteiger charge is 2.35. The lowest BCUT2D eigenvalue weighted by molar-refractivity contribution is -0.128. The highest BCUT2D eigenvalue weighted by atomic mass is 35.5. The highest BCUT2D eigenvalue weighted by Crippen LogP contribution is 2.42. The van der Waals surface area contributed by atoms with E-state index in [-0.39, 0.29) is 12.4 Å². The molecular weight excluding hydrogens is 284 g/mol. The van der Waals surface area contributed by atoms with E-state index in [9.17, 15) is 4.79 Å². The molecule has 1 heterocycles. The topological polar surface area (TPSA) is 41.1 Å². The van der Waals surface area contributed by atoms with Crippen LogP contribution in [-0.2, 0) is 4.79 Å². The van der Waals surface area contributed by atoms with Crippen molar-refractivity contribution in [2.75, 3.05) is 6.54 Å². The van der Waals surface area contributed by atoms with E-state index in [4.69, 9.17) is 0 Å². The predicted molar refractivity (Wildman–Crippen MR) is 88.7 cm³/mol. The van der Waals surface area contributed by atoms with Crippen LogP contribution in [0.3, 0.4) is 0 Å². The number of piperidine rings is 1. The Morgan fingerprint density at radius 3 is 2.52 bits per heavy atom. The third-order valence-electron chi connectivity index (χ3n) is 5.88. The lowest BCUT2D eigenvalue weighted by atomic mass is 9.67. The molecule has 1 saturated heterocycles. The van der Waals surface area contributed by atoms with Crippen molar-refractivity contribution in [3.8, 4) is 0 Å². The number of hydrogen-bond acceptors (Lipinski definition) is 2. The first-order valence-corrected chi connectivity index (χ1v) is 8.76. The first kappa shape index (κ1) is 17.1. The van der Waals surface area contributed by atoms with Crippen molar-refractivity contribution in [3.63, 3.8) is 0 Å². The summed E-state index contributed by atoms with van der Waals surface area (Å²) in [5.41, 5.74) is 0. The molecule has 2 aliphatic carbocycles. The number of rotatable bonds is 2. The minimum atomic E-state index is 0. The summed E-state index contributed by atoms with van der Waals surface area (Å²) in [5.74, 6) is 2.44. The number of hydrogen-bond donors (Lipinski definition) is 2. The Balaban J connectivity index is 0.00000161. The van der Waals surface area contributed by atoms with Crippen molar-refractivity contribution in [2.24, 2.45) is 17.8 Å². The van der Waals surface area contributed by atoms with E-state index in [2.05, 4.69) is 17.6 Å². The molecule has 0 spiro atoms. The maximum atomic E-state index is 12.5. The summed E-state index contributed by atoms with van der Waals surface area (Å²) in [4.78, 5) is 12.5. The fourth-order valence-electron chi connectivity index (χ4n) is 4.69. The average molecular weight is 315 g/mol. The number of halogens is 1. The Kier molecular flexibility index (Phi) is 6.36. The van der Waals surface area contributed by atoms with Gasteiger partial charge in [-0.05, 0) is 57.4 Å². The molecule has 122 valence electrons. The predicted octanol–water partition coefficient (Wildman–Crippen LogP) is 3.27. The summed E-state index contributed by atoms with van der Waals surface area (Å²) in [7, 11) is 0. The fraction of sp³-hybridized carbons (Fsp3) is 0.941. The highest BCUT2D eigenvalue weighted by molar-refractivity contribution is 5.85. The Morgan fingerprint density at radius 2 is 1.76 bits per heavy atom. The smallest absolute Gasteiger partial charge is 0.223 e. The van der Waals surface area contributed by atoms with E-state index in [1.807, 2.05) is 0 Å². The molecule has 3 nitrogen and oxygen atoms in total. The van der Waals surface area contributed by atoms with Gasteiger partial charge < -0.3 is 10.6 Å². The van der Waals surface area contributed by atoms with Crippen molar-refractivity contribution in [1.82, 2.24) is 10.6 Å². The standard InChI is InChI=1S/C17H30N2O.ClH/c1-12-10-16(8-9-18-12)19-17(20)15-7-6-13-4-2-3-5-14(13)11-15;/h12-16,18H,2-11H2,1H3,(H,19,20);1H. The van der Waals surface area contributed by atoms with Crippen molar-refractivity contribution in [1.29, 1.82) is 0 Å². The van der Waals surface area contributed by atoms with Gasteiger partial charge in [-0.1, -0.05) is 25.7 Å². The van der Waals surface area contributed by atoms with Crippen molar-refractivity contribution in [2.45, 2.75) is 76.8 Å². The van der Waals surface area contributed by atoms with Gasteiger partial charge in [0.15, 0.2) is 0 Å². The number of nitrogens with one attached hydrogen (secondary N) is 2. The Hall–Kier alpha value is -0.280. The molecule has 0 aromatic rings. The minimum absolute atomic E-state index is 0. The Labute approximate surface area is 135 Å². The molecule has 5 atom stereocenters. The first-order chi connectivity index (χ1) is 9.72. The number of carbonyl (C=O) groups is 1. The molecule has 21 heavy (non-hydrogen) atoms. The number of fused-ring (bicyclic) bond motifs is 1. The maximum Gasteiger partial charge on any atom is 0.223 e. The molecule has 1 aliphatic heterocycles. The van der Waals surface area contributed by atoms with Crippen LogP contribution in [0.1, 0.15) is 64.7 Å². The van der Waals surface area contributed by atoms with E-state index in [0.717, 1.165) is 44.1 Å². The van der Waals surface area contributed by atoms with Crippen LogP contribution in [0.15, 0.2) is 0 Å². The third-order valence-corrected chi connectivity index (χ3v) is 5.88. The summed E-state index contributed by atoms with van der Waals surface area (Å²) in [6, 6.07) is 0.950. The summed E-state index contributed by atoms with van der Waals surface area (Å²) >= 11 is 0. The van der Waals surface area contributed by atoms with Gasteiger partial charge in [0.05, 0.1) is 0 Å². The molecule has 2 saturated carbocycles. The molecule has 2 N–H and O–H groups in total. The largest absolute Gasteiger partial charge is 0.353 e. The Morgan fingerprint density at radius 1 is 1.00 bits per heavy atom. The van der Waals surface area contributed by atoms with E-state index >= 15 is 0 Å². The second-order valence-corrected chi connectivity index (χ2v) is 7.40.